The maximum atomic E-state index is 10.6. The molecule has 0 saturated carbocycles. The Labute approximate surface area is 85.3 Å². The first-order valence-corrected chi connectivity index (χ1v) is 4.37. The second kappa shape index (κ2) is 4.54. The van der Waals surface area contributed by atoms with Gasteiger partial charge in [-0.3, -0.25) is 4.79 Å². The van der Waals surface area contributed by atoms with Gasteiger partial charge in [-0.2, -0.15) is 0 Å². The number of aliphatic carboxylic acids is 1. The zero-order valence-electron chi connectivity index (χ0n) is 8.17. The fraction of sp³-hybridized carbons (Fsp3) is 0.500. The Morgan fingerprint density at radius 2 is 2.07 bits per heavy atom. The number of carboxylic acids is 2. The first-order chi connectivity index (χ1) is 7.02. The molecule has 82 valence electrons. The maximum absolute atomic E-state index is 10.6. The van der Waals surface area contributed by atoms with Gasteiger partial charge >= 0.3 is 11.9 Å². The molecular weight excluding hydrogens is 202 g/mol. The quantitative estimate of drug-likeness (QED) is 0.721. The minimum atomic E-state index is -1.13. The third kappa shape index (κ3) is 2.76. The molecule has 0 radical (unpaired) electrons. The van der Waals surface area contributed by atoms with Gasteiger partial charge in [0.15, 0.2) is 5.69 Å². The summed E-state index contributed by atoms with van der Waals surface area (Å²) in [5.41, 5.74) is 0.346. The number of carboxylic acid groups (broad SMARTS) is 2. The van der Waals surface area contributed by atoms with Crippen molar-refractivity contribution in [2.24, 2.45) is 0 Å². The van der Waals surface area contributed by atoms with Crippen LogP contribution in [0.15, 0.2) is 0 Å². The van der Waals surface area contributed by atoms with Crippen LogP contribution in [0.25, 0.3) is 0 Å². The third-order valence-corrected chi connectivity index (χ3v) is 1.95. The Hall–Kier alpha value is -1.92. The van der Waals surface area contributed by atoms with Crippen molar-refractivity contribution >= 4 is 11.9 Å². The van der Waals surface area contributed by atoms with E-state index in [1.54, 1.807) is 6.92 Å². The largest absolute Gasteiger partial charge is 0.481 e. The number of nitrogens with zero attached hydrogens (tertiary/aromatic N) is 3. The summed E-state index contributed by atoms with van der Waals surface area (Å²) < 4.78 is 1.40. The van der Waals surface area contributed by atoms with Crippen molar-refractivity contribution in [2.75, 3.05) is 0 Å². The second-order valence-electron chi connectivity index (χ2n) is 3.05. The summed E-state index contributed by atoms with van der Waals surface area (Å²) in [6.45, 7) is 1.95. The van der Waals surface area contributed by atoms with Crippen molar-refractivity contribution in [3.8, 4) is 0 Å². The maximum Gasteiger partial charge on any atom is 0.358 e. The van der Waals surface area contributed by atoms with Crippen LogP contribution in [0, 0.1) is 6.92 Å². The number of hydrogen-bond donors (Lipinski definition) is 2. The highest BCUT2D eigenvalue weighted by molar-refractivity contribution is 5.86. The number of carbonyl (C=O) groups is 2. The summed E-state index contributed by atoms with van der Waals surface area (Å²) in [5.74, 6) is -2.01. The minimum absolute atomic E-state index is 0.0295. The number of aryl methyl sites for hydroxylation is 1. The molecule has 1 rings (SSSR count). The van der Waals surface area contributed by atoms with Gasteiger partial charge < -0.3 is 10.2 Å². The lowest BCUT2D eigenvalue weighted by atomic mass is 10.3. The van der Waals surface area contributed by atoms with Gasteiger partial charge in [0, 0.05) is 13.0 Å². The number of aromatic carboxylic acids is 1. The summed E-state index contributed by atoms with van der Waals surface area (Å²) in [6.07, 6.45) is 0.431. The van der Waals surface area contributed by atoms with E-state index in [1.807, 2.05) is 0 Å². The summed E-state index contributed by atoms with van der Waals surface area (Å²) in [4.78, 5) is 20.9. The Morgan fingerprint density at radius 3 is 2.53 bits per heavy atom. The van der Waals surface area contributed by atoms with Crippen molar-refractivity contribution in [3.05, 3.63) is 11.4 Å². The topological polar surface area (TPSA) is 105 Å². The lowest BCUT2D eigenvalue weighted by Crippen LogP contribution is -2.06. The van der Waals surface area contributed by atoms with Crippen LogP contribution in [0.1, 0.15) is 29.0 Å². The van der Waals surface area contributed by atoms with E-state index in [4.69, 9.17) is 10.2 Å². The van der Waals surface area contributed by atoms with Gasteiger partial charge in [-0.1, -0.05) is 5.21 Å². The molecule has 0 unspecified atom stereocenters. The van der Waals surface area contributed by atoms with Crippen molar-refractivity contribution in [3.63, 3.8) is 0 Å². The van der Waals surface area contributed by atoms with E-state index in [0.29, 0.717) is 18.7 Å². The van der Waals surface area contributed by atoms with Crippen molar-refractivity contribution < 1.29 is 19.8 Å². The van der Waals surface area contributed by atoms with Crippen molar-refractivity contribution in [1.82, 2.24) is 15.0 Å². The fourth-order valence-corrected chi connectivity index (χ4v) is 1.15. The zero-order chi connectivity index (χ0) is 11.4. The molecule has 0 saturated heterocycles. The van der Waals surface area contributed by atoms with Gasteiger partial charge in [-0.15, -0.1) is 5.10 Å². The monoisotopic (exact) mass is 213 g/mol. The highest BCUT2D eigenvalue weighted by Crippen LogP contribution is 2.04. The molecule has 0 fully saturated rings. The highest BCUT2D eigenvalue weighted by atomic mass is 16.4. The minimum Gasteiger partial charge on any atom is -0.481 e. The molecule has 1 aromatic rings. The predicted octanol–water partition coefficient (Wildman–Crippen LogP) is 0.150. The lowest BCUT2D eigenvalue weighted by molar-refractivity contribution is -0.137. The van der Waals surface area contributed by atoms with Gasteiger partial charge in [0.25, 0.3) is 0 Å². The molecule has 0 bridgehead atoms. The number of rotatable bonds is 5. The molecule has 7 nitrogen and oxygen atoms in total. The Morgan fingerprint density at radius 1 is 1.40 bits per heavy atom. The smallest absolute Gasteiger partial charge is 0.358 e. The molecule has 7 heteroatoms. The first-order valence-electron chi connectivity index (χ1n) is 4.37. The molecule has 1 aromatic heterocycles. The molecule has 0 spiro atoms. The second-order valence-corrected chi connectivity index (χ2v) is 3.05. The third-order valence-electron chi connectivity index (χ3n) is 1.95. The Kier molecular flexibility index (Phi) is 3.37. The van der Waals surface area contributed by atoms with Gasteiger partial charge in [0.2, 0.25) is 0 Å². The van der Waals surface area contributed by atoms with Crippen LogP contribution < -0.4 is 0 Å². The normalized spacial score (nSPS) is 10.2. The molecule has 0 aliphatic carbocycles. The van der Waals surface area contributed by atoms with Crippen LogP contribution >= 0.6 is 0 Å². The zero-order valence-corrected chi connectivity index (χ0v) is 8.17. The molecule has 0 amide bonds. The lowest BCUT2D eigenvalue weighted by Gasteiger charge is -2.00. The van der Waals surface area contributed by atoms with Gasteiger partial charge in [-0.05, 0) is 13.3 Å². The Bertz CT molecular complexity index is 385. The fourth-order valence-electron chi connectivity index (χ4n) is 1.15. The van der Waals surface area contributed by atoms with Gasteiger partial charge in [-0.25, -0.2) is 9.48 Å². The predicted molar refractivity (Wildman–Crippen MR) is 48.6 cm³/mol. The summed E-state index contributed by atoms with van der Waals surface area (Å²) in [5, 5.41) is 24.2. The average Bonchev–Trinajstić information content (AvgIpc) is 2.47. The Balaban J connectivity index is 2.63. The molecule has 0 atom stereocenters. The number of aromatic nitrogens is 3. The van der Waals surface area contributed by atoms with E-state index in [1.165, 1.54) is 4.68 Å². The van der Waals surface area contributed by atoms with Crippen molar-refractivity contribution in [2.45, 2.75) is 26.3 Å². The van der Waals surface area contributed by atoms with Crippen LogP contribution in [0.2, 0.25) is 0 Å². The summed E-state index contributed by atoms with van der Waals surface area (Å²) >= 11 is 0. The van der Waals surface area contributed by atoms with Gasteiger partial charge in [0.05, 0.1) is 5.69 Å². The SMILES string of the molecule is Cc1c(C(=O)O)nnn1CCCC(=O)O. The standard InChI is InChI=1S/C8H11N3O4/c1-5-7(8(14)15)9-10-11(5)4-2-3-6(12)13/h2-4H2,1H3,(H,12,13)(H,14,15). The van der Waals surface area contributed by atoms with E-state index in [9.17, 15) is 9.59 Å². The van der Waals surface area contributed by atoms with Gasteiger partial charge in [0.1, 0.15) is 0 Å². The van der Waals surface area contributed by atoms with E-state index in [-0.39, 0.29) is 12.1 Å². The molecule has 15 heavy (non-hydrogen) atoms. The summed E-state index contributed by atoms with van der Waals surface area (Å²) in [6, 6.07) is 0. The molecular formula is C8H11N3O4. The molecule has 2 N–H and O–H groups in total. The van der Waals surface area contributed by atoms with E-state index >= 15 is 0 Å². The summed E-state index contributed by atoms with van der Waals surface area (Å²) in [7, 11) is 0. The molecule has 0 aromatic carbocycles. The van der Waals surface area contributed by atoms with E-state index in [0.717, 1.165) is 0 Å². The van der Waals surface area contributed by atoms with E-state index < -0.39 is 11.9 Å². The van der Waals surface area contributed by atoms with Crippen LogP contribution in [0.5, 0.6) is 0 Å². The van der Waals surface area contributed by atoms with Crippen LogP contribution in [-0.4, -0.2) is 37.1 Å². The van der Waals surface area contributed by atoms with Crippen LogP contribution in [-0.2, 0) is 11.3 Å². The van der Waals surface area contributed by atoms with E-state index in [2.05, 4.69) is 10.3 Å². The van der Waals surface area contributed by atoms with Crippen molar-refractivity contribution in [1.29, 1.82) is 0 Å². The first kappa shape index (κ1) is 11.2. The molecule has 1 heterocycles. The highest BCUT2D eigenvalue weighted by Gasteiger charge is 2.14. The molecule has 0 aliphatic heterocycles. The van der Waals surface area contributed by atoms with Crippen LogP contribution in [0.4, 0.5) is 0 Å². The average molecular weight is 213 g/mol. The van der Waals surface area contributed by atoms with Crippen LogP contribution in [0.3, 0.4) is 0 Å². The number of hydrogen-bond acceptors (Lipinski definition) is 4. The molecule has 0 aliphatic rings.